The molecule has 10 nitrogen and oxygen atoms in total. The zero-order valence-electron chi connectivity index (χ0n) is 20.3. The molecular weight excluding hydrogens is 525 g/mol. The average molecular weight is 547 g/mol. The highest BCUT2D eigenvalue weighted by Crippen LogP contribution is 2.36. The number of nitrogens with zero attached hydrogens (tertiary/aromatic N) is 5. The first kappa shape index (κ1) is 26.7. The third-order valence-corrected chi connectivity index (χ3v) is 5.61. The zero-order valence-corrected chi connectivity index (χ0v) is 21.1. The molecule has 2 aromatic heterocycles. The number of amides is 4. The van der Waals surface area contributed by atoms with Gasteiger partial charge in [0.2, 0.25) is 0 Å². The maximum atomic E-state index is 13.1. The van der Waals surface area contributed by atoms with Gasteiger partial charge >= 0.3 is 18.2 Å². The summed E-state index contributed by atoms with van der Waals surface area (Å²) in [6.07, 6.45) is -1.79. The summed E-state index contributed by atoms with van der Waals surface area (Å²) in [6, 6.07) is 8.56. The number of hydrogen-bond donors (Lipinski definition) is 3. The monoisotopic (exact) mass is 546 g/mol. The molecule has 38 heavy (non-hydrogen) atoms. The van der Waals surface area contributed by atoms with Crippen LogP contribution in [0.2, 0.25) is 5.02 Å². The first-order valence-corrected chi connectivity index (χ1v) is 11.6. The van der Waals surface area contributed by atoms with E-state index in [-0.39, 0.29) is 17.8 Å². The molecule has 0 spiro atoms. The second-order valence-electron chi connectivity index (χ2n) is 8.47. The van der Waals surface area contributed by atoms with Gasteiger partial charge in [0.15, 0.2) is 17.0 Å². The number of imidazole rings is 1. The molecular formula is C24H22ClF3N8O2. The Labute approximate surface area is 219 Å². The minimum Gasteiger partial charge on any atom is -0.335 e. The highest BCUT2D eigenvalue weighted by Gasteiger charge is 2.33. The first-order chi connectivity index (χ1) is 17.9. The molecule has 0 fully saturated rings. The Morgan fingerprint density at radius 2 is 1.66 bits per heavy atom. The lowest BCUT2D eigenvalue weighted by Gasteiger charge is -2.18. The third-order valence-electron chi connectivity index (χ3n) is 5.28. The Morgan fingerprint density at radius 1 is 1.00 bits per heavy atom. The second kappa shape index (κ2) is 10.5. The van der Waals surface area contributed by atoms with Gasteiger partial charge in [-0.2, -0.15) is 13.2 Å². The molecule has 0 atom stereocenters. The largest absolute Gasteiger partial charge is 0.417 e. The fraction of sp³-hybridized carbons (Fsp3) is 0.208. The van der Waals surface area contributed by atoms with Crippen LogP contribution in [0.3, 0.4) is 0 Å². The van der Waals surface area contributed by atoms with E-state index in [1.165, 1.54) is 23.6 Å². The highest BCUT2D eigenvalue weighted by atomic mass is 35.5. The molecule has 4 amide bonds. The molecule has 2 heterocycles. The van der Waals surface area contributed by atoms with E-state index in [4.69, 9.17) is 11.6 Å². The van der Waals surface area contributed by atoms with Crippen molar-refractivity contribution in [2.45, 2.75) is 26.1 Å². The van der Waals surface area contributed by atoms with Gasteiger partial charge in [0.05, 0.1) is 10.6 Å². The summed E-state index contributed by atoms with van der Waals surface area (Å²) in [5, 5.41) is 7.24. The van der Waals surface area contributed by atoms with Crippen LogP contribution in [0.25, 0.3) is 16.9 Å². The maximum absolute atomic E-state index is 13.1. The quantitative estimate of drug-likeness (QED) is 0.297. The van der Waals surface area contributed by atoms with Crippen molar-refractivity contribution in [2.75, 3.05) is 22.6 Å². The van der Waals surface area contributed by atoms with Crippen LogP contribution in [0.1, 0.15) is 19.4 Å². The lowest BCUT2D eigenvalue weighted by Crippen LogP contribution is -2.41. The molecule has 0 unspecified atom stereocenters. The van der Waals surface area contributed by atoms with Gasteiger partial charge in [0, 0.05) is 30.2 Å². The number of benzene rings is 2. The van der Waals surface area contributed by atoms with Crippen molar-refractivity contribution in [1.82, 2.24) is 24.8 Å². The van der Waals surface area contributed by atoms with Crippen LogP contribution in [-0.2, 0) is 6.18 Å². The van der Waals surface area contributed by atoms with Gasteiger partial charge in [-0.05, 0) is 56.3 Å². The average Bonchev–Trinajstić information content (AvgIpc) is 3.28. The van der Waals surface area contributed by atoms with Gasteiger partial charge in [-0.1, -0.05) is 11.6 Å². The number of carbonyl (C=O) groups is 2. The number of fused-ring (bicyclic) bond motifs is 1. The zero-order chi connectivity index (χ0) is 27.6. The number of rotatable bonds is 5. The van der Waals surface area contributed by atoms with Gasteiger partial charge in [0.1, 0.15) is 12.7 Å². The number of anilines is 3. The summed E-state index contributed by atoms with van der Waals surface area (Å²) < 4.78 is 40.9. The number of nitrogens with one attached hydrogen (secondary N) is 3. The van der Waals surface area contributed by atoms with E-state index in [1.807, 2.05) is 13.8 Å². The van der Waals surface area contributed by atoms with E-state index >= 15 is 0 Å². The van der Waals surface area contributed by atoms with Crippen molar-refractivity contribution < 1.29 is 22.8 Å². The second-order valence-corrected chi connectivity index (χ2v) is 8.87. The van der Waals surface area contributed by atoms with Crippen LogP contribution in [-0.4, -0.2) is 44.7 Å². The van der Waals surface area contributed by atoms with Crippen LogP contribution in [0, 0.1) is 0 Å². The molecule has 14 heteroatoms. The fourth-order valence-electron chi connectivity index (χ4n) is 3.52. The minimum atomic E-state index is -4.65. The smallest absolute Gasteiger partial charge is 0.335 e. The summed E-state index contributed by atoms with van der Waals surface area (Å²) >= 11 is 5.61. The van der Waals surface area contributed by atoms with Crippen molar-refractivity contribution in [3.8, 4) is 5.69 Å². The van der Waals surface area contributed by atoms with Crippen LogP contribution < -0.4 is 20.9 Å². The summed E-state index contributed by atoms with van der Waals surface area (Å²) in [5.74, 6) is 0.331. The molecule has 4 rings (SSSR count). The van der Waals surface area contributed by atoms with E-state index in [1.54, 1.807) is 35.9 Å². The van der Waals surface area contributed by atoms with Gasteiger partial charge in [-0.25, -0.2) is 24.5 Å². The standard InChI is InChI=1S/C24H22ClF3N8O2/c1-13(2)32-23(38)35(3)20-19-21(30-11-29-20)36(12-31-19)16-7-4-14(5-8-16)33-22(37)34-15-6-9-18(25)17(10-15)24(26,27)28/h4-13H,1-3H3,(H,32,38)(H2,33,34,37). The SMILES string of the molecule is CC(C)NC(=O)N(C)c1ncnc2c1ncn2-c1ccc(NC(=O)Nc2ccc(Cl)c(C(F)(F)F)c2)cc1. The van der Waals surface area contributed by atoms with E-state index < -0.39 is 22.8 Å². The van der Waals surface area contributed by atoms with Crippen LogP contribution in [0.15, 0.2) is 55.1 Å². The predicted molar refractivity (Wildman–Crippen MR) is 138 cm³/mol. The Morgan fingerprint density at radius 3 is 2.32 bits per heavy atom. The number of carbonyl (C=O) groups excluding carboxylic acids is 2. The number of halogens is 4. The molecule has 0 saturated heterocycles. The molecule has 2 aromatic carbocycles. The fourth-order valence-corrected chi connectivity index (χ4v) is 3.74. The van der Waals surface area contributed by atoms with E-state index in [2.05, 4.69) is 30.9 Å². The van der Waals surface area contributed by atoms with E-state index in [0.717, 1.165) is 12.1 Å². The number of urea groups is 2. The molecule has 0 saturated carbocycles. The normalized spacial score (nSPS) is 11.5. The van der Waals surface area contributed by atoms with Gasteiger partial charge in [-0.15, -0.1) is 0 Å². The Hall–Kier alpha value is -4.39. The topological polar surface area (TPSA) is 117 Å². The Bertz CT molecular complexity index is 1490. The third kappa shape index (κ3) is 5.78. The van der Waals surface area contributed by atoms with Crippen molar-refractivity contribution in [2.24, 2.45) is 0 Å². The summed E-state index contributed by atoms with van der Waals surface area (Å²) in [7, 11) is 1.58. The molecule has 198 valence electrons. The highest BCUT2D eigenvalue weighted by molar-refractivity contribution is 6.31. The maximum Gasteiger partial charge on any atom is 0.417 e. The first-order valence-electron chi connectivity index (χ1n) is 11.2. The Kier molecular flexibility index (Phi) is 7.39. The van der Waals surface area contributed by atoms with Gasteiger partial charge < -0.3 is 16.0 Å². The number of hydrogen-bond acceptors (Lipinski definition) is 5. The Balaban J connectivity index is 1.49. The summed E-state index contributed by atoms with van der Waals surface area (Å²) in [5.41, 5.74) is 0.805. The van der Waals surface area contributed by atoms with Crippen molar-refractivity contribution in [3.05, 3.63) is 65.7 Å². The number of alkyl halides is 3. The summed E-state index contributed by atoms with van der Waals surface area (Å²) in [6.45, 7) is 3.69. The lowest BCUT2D eigenvalue weighted by molar-refractivity contribution is -0.137. The minimum absolute atomic E-state index is 0.0578. The molecule has 0 aliphatic rings. The molecule has 0 aliphatic heterocycles. The molecule has 0 aliphatic carbocycles. The van der Waals surface area contributed by atoms with Crippen LogP contribution >= 0.6 is 11.6 Å². The number of aromatic nitrogens is 4. The molecule has 3 N–H and O–H groups in total. The van der Waals surface area contributed by atoms with Crippen LogP contribution in [0.5, 0.6) is 0 Å². The molecule has 4 aromatic rings. The predicted octanol–water partition coefficient (Wildman–Crippen LogP) is 5.69. The van der Waals surface area contributed by atoms with Crippen molar-refractivity contribution >= 4 is 52.0 Å². The lowest BCUT2D eigenvalue weighted by atomic mass is 10.2. The van der Waals surface area contributed by atoms with Gasteiger partial charge in [0.25, 0.3) is 0 Å². The molecule has 0 bridgehead atoms. The van der Waals surface area contributed by atoms with Crippen molar-refractivity contribution in [3.63, 3.8) is 0 Å². The van der Waals surface area contributed by atoms with Crippen LogP contribution in [0.4, 0.5) is 40.0 Å². The van der Waals surface area contributed by atoms with Gasteiger partial charge in [-0.3, -0.25) is 9.47 Å². The molecule has 0 radical (unpaired) electrons. The summed E-state index contributed by atoms with van der Waals surface area (Å²) in [4.78, 5) is 39.0. The van der Waals surface area contributed by atoms with Crippen molar-refractivity contribution in [1.29, 1.82) is 0 Å². The van der Waals surface area contributed by atoms with E-state index in [0.29, 0.717) is 28.4 Å². The van der Waals surface area contributed by atoms with E-state index in [9.17, 15) is 22.8 Å².